The average Bonchev–Trinajstić information content (AvgIpc) is 3.31. The summed E-state index contributed by atoms with van der Waals surface area (Å²) in [6.07, 6.45) is 5.67. The Bertz CT molecular complexity index is 923. The summed E-state index contributed by atoms with van der Waals surface area (Å²) in [5, 5.41) is 14.6. The van der Waals surface area contributed by atoms with Gasteiger partial charge in [0.2, 0.25) is 0 Å². The smallest absolute Gasteiger partial charge is 0.261 e. The van der Waals surface area contributed by atoms with Crippen LogP contribution in [0.2, 0.25) is 0 Å². The summed E-state index contributed by atoms with van der Waals surface area (Å²) in [4.78, 5) is 17.6. The zero-order valence-electron chi connectivity index (χ0n) is 15.9. The summed E-state index contributed by atoms with van der Waals surface area (Å²) in [6.45, 7) is 4.38. The van der Waals surface area contributed by atoms with Crippen LogP contribution in [0.1, 0.15) is 38.5 Å². The van der Waals surface area contributed by atoms with E-state index >= 15 is 0 Å². The summed E-state index contributed by atoms with van der Waals surface area (Å²) >= 11 is 2.79. The number of hydrogen-bond donors (Lipinski definition) is 2. The molecule has 3 aromatic heterocycles. The molecule has 1 amide bonds. The average molecular weight is 418 g/mol. The van der Waals surface area contributed by atoms with Crippen LogP contribution in [-0.4, -0.2) is 33.5 Å². The molecule has 0 fully saturated rings. The first-order chi connectivity index (χ1) is 13.6. The number of carbonyl (C=O) groups excluding carboxylic acids is 1. The summed E-state index contributed by atoms with van der Waals surface area (Å²) in [6, 6.07) is 3.71. The predicted molar refractivity (Wildman–Crippen MR) is 112 cm³/mol. The normalized spacial score (nSPS) is 10.8. The first-order valence-corrected chi connectivity index (χ1v) is 10.7. The molecular weight excluding hydrogens is 394 g/mol. The third-order valence-corrected chi connectivity index (χ3v) is 6.21. The van der Waals surface area contributed by atoms with E-state index in [4.69, 9.17) is 9.84 Å². The van der Waals surface area contributed by atoms with Crippen molar-refractivity contribution in [1.29, 1.82) is 0 Å². The second-order valence-corrected chi connectivity index (χ2v) is 8.02. The van der Waals surface area contributed by atoms with Crippen LogP contribution in [-0.2, 0) is 12.8 Å². The second-order valence-electron chi connectivity index (χ2n) is 6.38. The SMILES string of the molecule is Cc1ncccc1Oc1sc(C(=O)NCCCO)c(CCc2cnsc2)c1C. The van der Waals surface area contributed by atoms with Crippen LogP contribution < -0.4 is 10.1 Å². The Balaban J connectivity index is 1.86. The van der Waals surface area contributed by atoms with Crippen LogP contribution in [0.25, 0.3) is 0 Å². The van der Waals surface area contributed by atoms with Crippen LogP contribution in [0, 0.1) is 13.8 Å². The van der Waals surface area contributed by atoms with E-state index in [1.54, 1.807) is 6.20 Å². The van der Waals surface area contributed by atoms with Crippen LogP contribution >= 0.6 is 22.9 Å². The number of aliphatic hydroxyl groups excluding tert-OH is 1. The van der Waals surface area contributed by atoms with Crippen LogP contribution in [0.4, 0.5) is 0 Å². The van der Waals surface area contributed by atoms with E-state index in [-0.39, 0.29) is 12.5 Å². The molecule has 0 saturated carbocycles. The van der Waals surface area contributed by atoms with Gasteiger partial charge in [-0.05, 0) is 67.9 Å². The van der Waals surface area contributed by atoms with Gasteiger partial charge in [-0.25, -0.2) is 4.37 Å². The number of nitrogens with one attached hydrogen (secondary N) is 1. The number of aliphatic hydroxyl groups is 1. The lowest BCUT2D eigenvalue weighted by Crippen LogP contribution is -2.25. The summed E-state index contributed by atoms with van der Waals surface area (Å²) < 4.78 is 10.2. The Kier molecular flexibility index (Phi) is 7.13. The van der Waals surface area contributed by atoms with E-state index in [0.717, 1.165) is 35.2 Å². The summed E-state index contributed by atoms with van der Waals surface area (Å²) in [5.41, 5.74) is 3.93. The maximum absolute atomic E-state index is 12.7. The van der Waals surface area contributed by atoms with Gasteiger partial charge in [0.05, 0.1) is 10.6 Å². The number of nitrogens with zero attached hydrogens (tertiary/aromatic N) is 2. The Morgan fingerprint density at radius 2 is 2.18 bits per heavy atom. The highest BCUT2D eigenvalue weighted by molar-refractivity contribution is 7.16. The minimum absolute atomic E-state index is 0.0520. The quantitative estimate of drug-likeness (QED) is 0.516. The highest BCUT2D eigenvalue weighted by Gasteiger charge is 2.22. The molecular formula is C20H23N3O3S2. The number of rotatable bonds is 9. The van der Waals surface area contributed by atoms with E-state index in [1.165, 1.54) is 22.9 Å². The fraction of sp³-hybridized carbons (Fsp3) is 0.350. The van der Waals surface area contributed by atoms with Gasteiger partial charge < -0.3 is 15.2 Å². The van der Waals surface area contributed by atoms with Gasteiger partial charge in [0.15, 0.2) is 5.06 Å². The molecule has 0 bridgehead atoms. The molecule has 0 aliphatic carbocycles. The Hall–Kier alpha value is -2.29. The fourth-order valence-electron chi connectivity index (χ4n) is 2.76. The van der Waals surface area contributed by atoms with E-state index in [0.29, 0.717) is 28.7 Å². The molecule has 3 heterocycles. The molecule has 0 atom stereocenters. The summed E-state index contributed by atoms with van der Waals surface area (Å²) in [5.74, 6) is 0.561. The monoisotopic (exact) mass is 417 g/mol. The van der Waals surface area contributed by atoms with Crippen LogP contribution in [0.5, 0.6) is 10.8 Å². The van der Waals surface area contributed by atoms with Gasteiger partial charge in [-0.2, -0.15) is 0 Å². The zero-order chi connectivity index (χ0) is 19.9. The van der Waals surface area contributed by atoms with E-state index in [9.17, 15) is 4.79 Å². The number of pyridine rings is 1. The van der Waals surface area contributed by atoms with Crippen LogP contribution in [0.3, 0.4) is 0 Å². The zero-order valence-corrected chi connectivity index (χ0v) is 17.5. The topological polar surface area (TPSA) is 84.3 Å². The molecule has 3 aromatic rings. The van der Waals surface area contributed by atoms with Crippen LogP contribution in [0.15, 0.2) is 29.9 Å². The molecule has 148 valence electrons. The Morgan fingerprint density at radius 3 is 2.89 bits per heavy atom. The highest BCUT2D eigenvalue weighted by atomic mass is 32.1. The molecule has 0 spiro atoms. The lowest BCUT2D eigenvalue weighted by atomic mass is 10.0. The van der Waals surface area contributed by atoms with Gasteiger partial charge in [-0.15, -0.1) is 0 Å². The van der Waals surface area contributed by atoms with Gasteiger partial charge in [0.25, 0.3) is 5.91 Å². The van der Waals surface area contributed by atoms with Crippen molar-refractivity contribution in [2.75, 3.05) is 13.2 Å². The minimum Gasteiger partial charge on any atom is -0.444 e. The largest absolute Gasteiger partial charge is 0.444 e. The number of carbonyl (C=O) groups is 1. The molecule has 6 nitrogen and oxygen atoms in total. The standard InChI is InChI=1S/C20H23N3O3S2/c1-13-16(7-6-15-11-23-27-12-15)18(19(25)22-9-4-10-24)28-20(13)26-17-5-3-8-21-14(17)2/h3,5,8,11-12,24H,4,6-7,9-10H2,1-2H3,(H,22,25). The third-order valence-electron chi connectivity index (χ3n) is 4.36. The number of aryl methyl sites for hydroxylation is 2. The minimum atomic E-state index is -0.127. The van der Waals surface area contributed by atoms with E-state index in [2.05, 4.69) is 14.7 Å². The lowest BCUT2D eigenvalue weighted by Gasteiger charge is -2.07. The lowest BCUT2D eigenvalue weighted by molar-refractivity contribution is 0.0954. The van der Waals surface area contributed by atoms with Gasteiger partial charge in [-0.1, -0.05) is 11.3 Å². The molecule has 0 radical (unpaired) electrons. The van der Waals surface area contributed by atoms with Crippen molar-refractivity contribution in [3.05, 3.63) is 57.2 Å². The fourth-order valence-corrected chi connectivity index (χ4v) is 4.47. The van der Waals surface area contributed by atoms with Crippen molar-refractivity contribution in [3.63, 3.8) is 0 Å². The number of ether oxygens (including phenoxy) is 1. The Morgan fingerprint density at radius 1 is 1.32 bits per heavy atom. The van der Waals surface area contributed by atoms with E-state index in [1.807, 2.05) is 37.6 Å². The van der Waals surface area contributed by atoms with Crippen molar-refractivity contribution in [1.82, 2.24) is 14.7 Å². The molecule has 3 rings (SSSR count). The maximum atomic E-state index is 12.7. The van der Waals surface area contributed by atoms with Gasteiger partial charge in [0.1, 0.15) is 5.75 Å². The highest BCUT2D eigenvalue weighted by Crippen LogP contribution is 2.39. The van der Waals surface area contributed by atoms with Crippen molar-refractivity contribution >= 4 is 28.8 Å². The Labute approximate surface area is 172 Å². The molecule has 0 unspecified atom stereocenters. The number of amides is 1. The van der Waals surface area contributed by atoms with Crippen molar-refractivity contribution in [2.24, 2.45) is 0 Å². The number of thiophene rings is 1. The first kappa shape index (κ1) is 20.4. The molecule has 28 heavy (non-hydrogen) atoms. The first-order valence-electron chi connectivity index (χ1n) is 9.09. The molecule has 2 N–H and O–H groups in total. The predicted octanol–water partition coefficient (Wildman–Crippen LogP) is 3.91. The molecule has 0 aliphatic heterocycles. The van der Waals surface area contributed by atoms with Gasteiger partial charge in [-0.3, -0.25) is 9.78 Å². The maximum Gasteiger partial charge on any atom is 0.261 e. The number of hydrogen-bond acceptors (Lipinski definition) is 7. The van der Waals surface area contributed by atoms with Crippen molar-refractivity contribution in [2.45, 2.75) is 33.1 Å². The van der Waals surface area contributed by atoms with Crippen molar-refractivity contribution in [3.8, 4) is 10.8 Å². The van der Waals surface area contributed by atoms with Gasteiger partial charge >= 0.3 is 0 Å². The molecule has 8 heteroatoms. The third kappa shape index (κ3) is 4.95. The molecule has 0 aliphatic rings. The number of aromatic nitrogens is 2. The van der Waals surface area contributed by atoms with Gasteiger partial charge in [0, 0.05) is 36.5 Å². The van der Waals surface area contributed by atoms with E-state index < -0.39 is 0 Å². The van der Waals surface area contributed by atoms with Crippen molar-refractivity contribution < 1.29 is 14.6 Å². The molecule has 0 saturated heterocycles. The molecule has 0 aromatic carbocycles. The second kappa shape index (κ2) is 9.77. The summed E-state index contributed by atoms with van der Waals surface area (Å²) in [7, 11) is 0.